The number of nitrogens with zero attached hydrogens (tertiary/aromatic N) is 6. The zero-order valence-electron chi connectivity index (χ0n) is 20.7. The number of benzene rings is 1. The third-order valence-electron chi connectivity index (χ3n) is 8.71. The van der Waals surface area contributed by atoms with Gasteiger partial charge in [0.15, 0.2) is 5.82 Å². The quantitative estimate of drug-likeness (QED) is 0.455. The van der Waals surface area contributed by atoms with Crippen LogP contribution in [-0.4, -0.2) is 48.0 Å². The van der Waals surface area contributed by atoms with Crippen LogP contribution in [0.1, 0.15) is 43.8 Å². The maximum Gasteiger partial charge on any atom is 0.451 e. The van der Waals surface area contributed by atoms with Crippen LogP contribution in [0, 0.1) is 17.8 Å². The normalized spacial score (nSPS) is 29.8. The maximum absolute atomic E-state index is 13.1. The largest absolute Gasteiger partial charge is 0.451 e. The molecular weight excluding hydrogens is 497 g/mol. The Bertz CT molecular complexity index is 1330. The van der Waals surface area contributed by atoms with Crippen molar-refractivity contribution < 1.29 is 18.3 Å². The summed E-state index contributed by atoms with van der Waals surface area (Å²) in [6.07, 6.45) is 2.29. The van der Waals surface area contributed by atoms with Crippen molar-refractivity contribution in [3.63, 3.8) is 0 Å². The molecule has 3 aromatic rings. The van der Waals surface area contributed by atoms with Crippen LogP contribution in [0.3, 0.4) is 0 Å². The third kappa shape index (κ3) is 4.24. The molecule has 2 atom stereocenters. The SMILES string of the molecule is OC12CC3CC(C1)C(Nc1ccnc(Nc4ccc(N5CCn6c(nnc6C(F)(F)F)C5)cc4)n1)C(C3)C2. The number of rotatable bonds is 5. The molecular formula is C26H29F3N8O. The van der Waals surface area contributed by atoms with E-state index < -0.39 is 17.6 Å². The van der Waals surface area contributed by atoms with Crippen LogP contribution in [0.4, 0.5) is 36.3 Å². The maximum atomic E-state index is 13.1. The Labute approximate surface area is 217 Å². The second-order valence-corrected chi connectivity index (χ2v) is 11.3. The number of hydrogen-bond acceptors (Lipinski definition) is 8. The van der Waals surface area contributed by atoms with E-state index in [1.54, 1.807) is 6.20 Å². The van der Waals surface area contributed by atoms with E-state index >= 15 is 0 Å². The van der Waals surface area contributed by atoms with Gasteiger partial charge in [0.2, 0.25) is 11.8 Å². The molecule has 3 heterocycles. The molecule has 4 aliphatic carbocycles. The molecule has 1 aromatic carbocycles. The van der Waals surface area contributed by atoms with Crippen LogP contribution in [0.25, 0.3) is 0 Å². The van der Waals surface area contributed by atoms with E-state index in [0.717, 1.165) is 41.0 Å². The van der Waals surface area contributed by atoms with Crippen LogP contribution < -0.4 is 15.5 Å². The van der Waals surface area contributed by atoms with Gasteiger partial charge in [0.25, 0.3) is 0 Å². The average molecular weight is 527 g/mol. The van der Waals surface area contributed by atoms with Crippen molar-refractivity contribution in [1.29, 1.82) is 0 Å². The molecule has 38 heavy (non-hydrogen) atoms. The summed E-state index contributed by atoms with van der Waals surface area (Å²) >= 11 is 0. The molecule has 12 heteroatoms. The molecule has 4 fully saturated rings. The van der Waals surface area contributed by atoms with Crippen LogP contribution in [-0.2, 0) is 19.3 Å². The van der Waals surface area contributed by atoms with E-state index in [4.69, 9.17) is 0 Å². The van der Waals surface area contributed by atoms with Crippen molar-refractivity contribution in [2.24, 2.45) is 17.8 Å². The highest BCUT2D eigenvalue weighted by Crippen LogP contribution is 2.56. The van der Waals surface area contributed by atoms with Crippen molar-refractivity contribution in [2.45, 2.75) is 63.0 Å². The van der Waals surface area contributed by atoms with Gasteiger partial charge in [-0.25, -0.2) is 4.98 Å². The first-order valence-electron chi connectivity index (χ1n) is 13.2. The highest BCUT2D eigenvalue weighted by Gasteiger charge is 2.54. The van der Waals surface area contributed by atoms with Crippen molar-refractivity contribution in [3.05, 3.63) is 48.2 Å². The standard InChI is InChI=1S/C26H29F3N8O/c27-26(28,29)23-35-34-21-14-36(7-8-37(21)23)19-3-1-18(2-4-19)31-24-30-6-5-20(33-24)32-22-16-9-15-10-17(22)13-25(38,11-15)12-16/h1-6,15-17,22,38H,7-14H2,(H2,30,31,32,33). The van der Waals surface area contributed by atoms with Gasteiger partial charge in [-0.15, -0.1) is 10.2 Å². The van der Waals surface area contributed by atoms with Crippen molar-refractivity contribution in [1.82, 2.24) is 24.7 Å². The lowest BCUT2D eigenvalue weighted by Crippen LogP contribution is -2.59. The molecule has 0 amide bonds. The van der Waals surface area contributed by atoms with E-state index in [1.807, 2.05) is 35.2 Å². The molecule has 9 nitrogen and oxygen atoms in total. The number of nitrogens with one attached hydrogen (secondary N) is 2. The number of aliphatic hydroxyl groups is 1. The molecule has 8 rings (SSSR count). The minimum atomic E-state index is -4.51. The summed E-state index contributed by atoms with van der Waals surface area (Å²) in [5.74, 6) is 2.24. The average Bonchev–Trinajstić information content (AvgIpc) is 3.30. The highest BCUT2D eigenvalue weighted by molar-refractivity contribution is 5.60. The second-order valence-electron chi connectivity index (χ2n) is 11.3. The van der Waals surface area contributed by atoms with Crippen molar-refractivity contribution in [3.8, 4) is 0 Å². The first-order chi connectivity index (χ1) is 18.2. The predicted octanol–water partition coefficient (Wildman–Crippen LogP) is 4.20. The van der Waals surface area contributed by atoms with Crippen LogP contribution in [0.15, 0.2) is 36.5 Å². The molecule has 4 bridgehead atoms. The Morgan fingerprint density at radius 1 is 0.974 bits per heavy atom. The molecule has 4 saturated carbocycles. The molecule has 0 radical (unpaired) electrons. The van der Waals surface area contributed by atoms with E-state index in [9.17, 15) is 18.3 Å². The Kier molecular flexibility index (Phi) is 5.33. The van der Waals surface area contributed by atoms with Gasteiger partial charge in [-0.1, -0.05) is 0 Å². The number of fused-ring (bicyclic) bond motifs is 1. The van der Waals surface area contributed by atoms with Gasteiger partial charge in [-0.3, -0.25) is 0 Å². The van der Waals surface area contributed by atoms with Gasteiger partial charge in [0.05, 0.1) is 12.1 Å². The summed E-state index contributed by atoms with van der Waals surface area (Å²) in [6.45, 7) is 0.862. The Morgan fingerprint density at radius 3 is 2.45 bits per heavy atom. The van der Waals surface area contributed by atoms with Crippen LogP contribution >= 0.6 is 0 Å². The van der Waals surface area contributed by atoms with E-state index in [2.05, 4.69) is 30.8 Å². The summed E-state index contributed by atoms with van der Waals surface area (Å²) < 4.78 is 40.5. The van der Waals surface area contributed by atoms with Gasteiger partial charge in [-0.2, -0.15) is 18.2 Å². The molecule has 2 unspecified atom stereocenters. The van der Waals surface area contributed by atoms with Gasteiger partial charge in [-0.05, 0) is 80.2 Å². The van der Waals surface area contributed by atoms with Crippen LogP contribution in [0.5, 0.6) is 0 Å². The van der Waals surface area contributed by atoms with Gasteiger partial charge in [0, 0.05) is 36.7 Å². The number of hydrogen-bond donors (Lipinski definition) is 3. The van der Waals surface area contributed by atoms with Gasteiger partial charge < -0.3 is 25.2 Å². The fourth-order valence-corrected chi connectivity index (χ4v) is 7.36. The Morgan fingerprint density at radius 2 is 1.74 bits per heavy atom. The first-order valence-corrected chi connectivity index (χ1v) is 13.2. The highest BCUT2D eigenvalue weighted by atomic mass is 19.4. The van der Waals surface area contributed by atoms with Gasteiger partial charge in [0.1, 0.15) is 5.82 Å². The van der Waals surface area contributed by atoms with Gasteiger partial charge >= 0.3 is 6.18 Å². The molecule has 2 aromatic heterocycles. The molecule has 3 N–H and O–H groups in total. The molecule has 0 saturated heterocycles. The van der Waals surface area contributed by atoms with E-state index in [1.165, 1.54) is 12.8 Å². The summed E-state index contributed by atoms with van der Waals surface area (Å²) in [5, 5.41) is 24.9. The molecule has 1 aliphatic heterocycles. The second kappa shape index (κ2) is 8.55. The summed E-state index contributed by atoms with van der Waals surface area (Å²) in [5.41, 5.74) is 1.23. The van der Waals surface area contributed by atoms with E-state index in [-0.39, 0.29) is 13.1 Å². The number of alkyl halides is 3. The smallest absolute Gasteiger partial charge is 0.390 e. The van der Waals surface area contributed by atoms with Crippen LogP contribution in [0.2, 0.25) is 0 Å². The lowest BCUT2D eigenvalue weighted by Gasteiger charge is -2.58. The van der Waals surface area contributed by atoms with E-state index in [0.29, 0.717) is 42.1 Å². The molecule has 5 aliphatic rings. The van der Waals surface area contributed by atoms with Crippen molar-refractivity contribution >= 4 is 23.1 Å². The zero-order chi connectivity index (χ0) is 26.1. The summed E-state index contributed by atoms with van der Waals surface area (Å²) in [6, 6.07) is 9.85. The monoisotopic (exact) mass is 526 g/mol. The third-order valence-corrected chi connectivity index (χ3v) is 8.71. The lowest BCUT2D eigenvalue weighted by molar-refractivity contribution is -0.147. The predicted molar refractivity (Wildman–Crippen MR) is 134 cm³/mol. The number of halogens is 3. The topological polar surface area (TPSA) is 104 Å². The minimum Gasteiger partial charge on any atom is -0.390 e. The number of aromatic nitrogens is 5. The fourth-order valence-electron chi connectivity index (χ4n) is 7.36. The Balaban J connectivity index is 1.00. The first kappa shape index (κ1) is 23.7. The van der Waals surface area contributed by atoms with Crippen molar-refractivity contribution in [2.75, 3.05) is 22.1 Å². The fraction of sp³-hybridized carbons (Fsp3) is 0.538. The summed E-state index contributed by atoms with van der Waals surface area (Å²) in [7, 11) is 0. The minimum absolute atomic E-state index is 0.174. The molecule has 200 valence electrons. The zero-order valence-corrected chi connectivity index (χ0v) is 20.7. The summed E-state index contributed by atoms with van der Waals surface area (Å²) in [4.78, 5) is 11.0. The Hall–Kier alpha value is -3.41. The lowest BCUT2D eigenvalue weighted by atomic mass is 9.52. The number of anilines is 4. The molecule has 0 spiro atoms.